The number of hydrogen-bond acceptors (Lipinski definition) is 5. The van der Waals surface area contributed by atoms with Crippen LogP contribution >= 0.6 is 0 Å². The Morgan fingerprint density at radius 3 is 2.85 bits per heavy atom. The summed E-state index contributed by atoms with van der Waals surface area (Å²) in [5.74, 6) is 0.872. The van der Waals surface area contributed by atoms with Gasteiger partial charge >= 0.3 is 0 Å². The van der Waals surface area contributed by atoms with Crippen LogP contribution in [-0.4, -0.2) is 48.2 Å². The van der Waals surface area contributed by atoms with Gasteiger partial charge in [-0.1, -0.05) is 18.2 Å². The molecule has 0 aliphatic carbocycles. The van der Waals surface area contributed by atoms with E-state index in [1.165, 1.54) is 5.56 Å². The number of pyridine rings is 1. The Hall–Kier alpha value is -2.44. The molecule has 2 aliphatic heterocycles. The summed E-state index contributed by atoms with van der Waals surface area (Å²) in [6.07, 6.45) is 4.41. The van der Waals surface area contributed by atoms with Gasteiger partial charge in [0, 0.05) is 38.6 Å². The van der Waals surface area contributed by atoms with Crippen LogP contribution in [0, 0.1) is 5.92 Å². The molecule has 0 spiro atoms. The summed E-state index contributed by atoms with van der Waals surface area (Å²) >= 11 is 0. The first-order valence-corrected chi connectivity index (χ1v) is 9.38. The number of amides is 1. The molecule has 1 N–H and O–H groups in total. The Morgan fingerprint density at radius 2 is 2.11 bits per heavy atom. The van der Waals surface area contributed by atoms with Crippen molar-refractivity contribution >= 4 is 5.91 Å². The van der Waals surface area contributed by atoms with Gasteiger partial charge in [-0.05, 0) is 35.7 Å². The van der Waals surface area contributed by atoms with Gasteiger partial charge in [0.25, 0.3) is 0 Å². The van der Waals surface area contributed by atoms with Gasteiger partial charge in [0.2, 0.25) is 5.91 Å². The van der Waals surface area contributed by atoms with Crippen LogP contribution in [0.5, 0.6) is 5.75 Å². The van der Waals surface area contributed by atoms with Crippen molar-refractivity contribution in [2.45, 2.75) is 31.7 Å². The van der Waals surface area contributed by atoms with Crippen LogP contribution in [0.25, 0.3) is 0 Å². The third kappa shape index (κ3) is 4.28. The SMILES string of the molecule is COc1ccc(CN2CC3CC(C(=O)NCc4cccnc4)C(C2)O3)cc1. The van der Waals surface area contributed by atoms with Gasteiger partial charge in [-0.25, -0.2) is 0 Å². The van der Waals surface area contributed by atoms with Crippen LogP contribution in [-0.2, 0) is 22.6 Å². The number of nitrogens with zero attached hydrogens (tertiary/aromatic N) is 2. The molecular formula is C21H25N3O3. The summed E-state index contributed by atoms with van der Waals surface area (Å²) in [5, 5.41) is 3.04. The van der Waals surface area contributed by atoms with E-state index in [0.717, 1.165) is 37.4 Å². The second-order valence-electron chi connectivity index (χ2n) is 7.26. The standard InChI is InChI=1S/C21H25N3O3/c1-26-17-6-4-15(5-7-17)12-24-13-18-9-19(20(14-24)27-18)21(25)23-11-16-3-2-8-22-10-16/h2-8,10,18-20H,9,11-14H2,1H3,(H,23,25). The minimum atomic E-state index is -0.0764. The summed E-state index contributed by atoms with van der Waals surface area (Å²) in [4.78, 5) is 19.1. The van der Waals surface area contributed by atoms with E-state index < -0.39 is 0 Å². The third-order valence-corrected chi connectivity index (χ3v) is 5.32. The molecule has 6 heteroatoms. The summed E-state index contributed by atoms with van der Waals surface area (Å²) < 4.78 is 11.3. The molecule has 2 fully saturated rings. The molecule has 1 amide bonds. The van der Waals surface area contributed by atoms with Gasteiger partial charge in [0.05, 0.1) is 25.2 Å². The maximum Gasteiger partial charge on any atom is 0.226 e. The lowest BCUT2D eigenvalue weighted by molar-refractivity contribution is -0.128. The van der Waals surface area contributed by atoms with Crippen molar-refractivity contribution in [1.29, 1.82) is 0 Å². The Labute approximate surface area is 159 Å². The lowest BCUT2D eigenvalue weighted by Crippen LogP contribution is -2.44. The van der Waals surface area contributed by atoms with Crippen molar-refractivity contribution in [2.75, 3.05) is 20.2 Å². The number of morpholine rings is 1. The number of fused-ring (bicyclic) bond motifs is 2. The van der Waals surface area contributed by atoms with Gasteiger partial charge in [-0.15, -0.1) is 0 Å². The van der Waals surface area contributed by atoms with Crippen LogP contribution < -0.4 is 10.1 Å². The molecule has 142 valence electrons. The maximum absolute atomic E-state index is 12.7. The average molecular weight is 367 g/mol. The number of hydrogen-bond donors (Lipinski definition) is 1. The fourth-order valence-corrected chi connectivity index (χ4v) is 3.95. The minimum absolute atomic E-state index is 0.0316. The molecule has 27 heavy (non-hydrogen) atoms. The van der Waals surface area contributed by atoms with Crippen LogP contribution in [0.1, 0.15) is 17.5 Å². The highest BCUT2D eigenvalue weighted by Gasteiger charge is 2.44. The molecular weight excluding hydrogens is 342 g/mol. The molecule has 2 aromatic rings. The maximum atomic E-state index is 12.7. The van der Waals surface area contributed by atoms with Crippen LogP contribution in [0.15, 0.2) is 48.8 Å². The molecule has 2 aliphatic rings. The number of aromatic nitrogens is 1. The second-order valence-corrected chi connectivity index (χ2v) is 7.26. The van der Waals surface area contributed by atoms with E-state index in [4.69, 9.17) is 9.47 Å². The first-order valence-electron chi connectivity index (χ1n) is 9.38. The Kier molecular flexibility index (Phi) is 5.36. The van der Waals surface area contributed by atoms with Crippen molar-refractivity contribution in [3.8, 4) is 5.75 Å². The molecule has 2 saturated heterocycles. The summed E-state index contributed by atoms with van der Waals surface area (Å²) in [7, 11) is 1.67. The number of benzene rings is 1. The number of methoxy groups -OCH3 is 1. The van der Waals surface area contributed by atoms with E-state index >= 15 is 0 Å². The molecule has 2 bridgehead atoms. The van der Waals surface area contributed by atoms with E-state index in [9.17, 15) is 4.79 Å². The van der Waals surface area contributed by atoms with E-state index in [-0.39, 0.29) is 24.0 Å². The van der Waals surface area contributed by atoms with E-state index in [0.29, 0.717) is 6.54 Å². The Morgan fingerprint density at radius 1 is 1.26 bits per heavy atom. The molecule has 6 nitrogen and oxygen atoms in total. The monoisotopic (exact) mass is 367 g/mol. The van der Waals surface area contributed by atoms with E-state index in [1.807, 2.05) is 24.3 Å². The van der Waals surface area contributed by atoms with E-state index in [1.54, 1.807) is 19.5 Å². The number of rotatable bonds is 6. The van der Waals surface area contributed by atoms with Gasteiger partial charge in [0.1, 0.15) is 5.75 Å². The minimum Gasteiger partial charge on any atom is -0.497 e. The lowest BCUT2D eigenvalue weighted by atomic mass is 9.99. The third-order valence-electron chi connectivity index (χ3n) is 5.32. The molecule has 3 unspecified atom stereocenters. The summed E-state index contributed by atoms with van der Waals surface area (Å²) in [6.45, 7) is 3.03. The quantitative estimate of drug-likeness (QED) is 0.846. The first kappa shape index (κ1) is 17.9. The predicted octanol–water partition coefficient (Wildman–Crippen LogP) is 2.00. The highest BCUT2D eigenvalue weighted by Crippen LogP contribution is 2.32. The van der Waals surface area contributed by atoms with Crippen molar-refractivity contribution in [3.63, 3.8) is 0 Å². The fraction of sp³-hybridized carbons (Fsp3) is 0.429. The van der Waals surface area contributed by atoms with Crippen LogP contribution in [0.4, 0.5) is 0 Å². The summed E-state index contributed by atoms with van der Waals surface area (Å²) in [6, 6.07) is 12.0. The lowest BCUT2D eigenvalue weighted by Gasteiger charge is -2.32. The Bertz CT molecular complexity index is 766. The van der Waals surface area contributed by atoms with Crippen molar-refractivity contribution < 1.29 is 14.3 Å². The number of nitrogens with one attached hydrogen (secondary N) is 1. The highest BCUT2D eigenvalue weighted by molar-refractivity contribution is 5.79. The van der Waals surface area contributed by atoms with Crippen molar-refractivity contribution in [2.24, 2.45) is 5.92 Å². The Balaban J connectivity index is 1.32. The topological polar surface area (TPSA) is 63.7 Å². The molecule has 3 atom stereocenters. The second kappa shape index (κ2) is 8.06. The van der Waals surface area contributed by atoms with Crippen molar-refractivity contribution in [3.05, 3.63) is 59.9 Å². The molecule has 1 aromatic heterocycles. The average Bonchev–Trinajstić information content (AvgIpc) is 3.01. The van der Waals surface area contributed by atoms with Gasteiger partial charge in [-0.3, -0.25) is 14.7 Å². The largest absolute Gasteiger partial charge is 0.497 e. The zero-order valence-electron chi connectivity index (χ0n) is 15.5. The van der Waals surface area contributed by atoms with Gasteiger partial charge in [0.15, 0.2) is 0 Å². The molecule has 0 saturated carbocycles. The zero-order valence-corrected chi connectivity index (χ0v) is 15.5. The predicted molar refractivity (Wildman–Crippen MR) is 101 cm³/mol. The van der Waals surface area contributed by atoms with Crippen LogP contribution in [0.2, 0.25) is 0 Å². The number of carbonyl (C=O) groups is 1. The van der Waals surface area contributed by atoms with Gasteiger partial charge < -0.3 is 14.8 Å². The van der Waals surface area contributed by atoms with Crippen LogP contribution in [0.3, 0.4) is 0 Å². The smallest absolute Gasteiger partial charge is 0.226 e. The molecule has 3 heterocycles. The number of likely N-dealkylation sites (tertiary alicyclic amines) is 1. The van der Waals surface area contributed by atoms with Crippen molar-refractivity contribution in [1.82, 2.24) is 15.2 Å². The summed E-state index contributed by atoms with van der Waals surface area (Å²) in [5.41, 5.74) is 2.25. The number of carbonyl (C=O) groups excluding carboxylic acids is 1. The van der Waals surface area contributed by atoms with E-state index in [2.05, 4.69) is 27.3 Å². The first-order chi connectivity index (χ1) is 13.2. The zero-order chi connectivity index (χ0) is 18.6. The number of ether oxygens (including phenoxy) is 2. The molecule has 4 rings (SSSR count). The highest BCUT2D eigenvalue weighted by atomic mass is 16.5. The molecule has 0 radical (unpaired) electrons. The fourth-order valence-electron chi connectivity index (χ4n) is 3.95. The molecule has 1 aromatic carbocycles. The van der Waals surface area contributed by atoms with Gasteiger partial charge in [-0.2, -0.15) is 0 Å². The normalized spacial score (nSPS) is 24.6.